The first kappa shape index (κ1) is 43.0. The van der Waals surface area contributed by atoms with Crippen LogP contribution in [0.25, 0.3) is 0 Å². The van der Waals surface area contributed by atoms with Gasteiger partial charge in [0.1, 0.15) is 24.9 Å². The van der Waals surface area contributed by atoms with Crippen molar-refractivity contribution in [2.75, 3.05) is 41.4 Å². The molecule has 298 valence electrons. The van der Waals surface area contributed by atoms with Crippen LogP contribution in [0.15, 0.2) is 30.3 Å². The zero-order valence-electron chi connectivity index (χ0n) is 33.1. The van der Waals surface area contributed by atoms with E-state index < -0.39 is 78.2 Å². The second-order valence-corrected chi connectivity index (χ2v) is 16.2. The number of esters is 1. The summed E-state index contributed by atoms with van der Waals surface area (Å²) >= 11 is 0. The molecule has 0 aliphatic carbocycles. The highest BCUT2D eigenvalue weighted by Crippen LogP contribution is 2.39. The Morgan fingerprint density at radius 3 is 2.31 bits per heavy atom. The van der Waals surface area contributed by atoms with E-state index in [1.807, 2.05) is 77.1 Å². The molecule has 0 spiro atoms. The third-order valence-electron chi connectivity index (χ3n) is 11.5. The summed E-state index contributed by atoms with van der Waals surface area (Å²) in [5.41, 5.74) is -1.47. The molecule has 0 radical (unpaired) electrons. The second-order valence-electron chi connectivity index (χ2n) is 16.2. The molecule has 3 aliphatic rings. The van der Waals surface area contributed by atoms with Crippen LogP contribution in [0, 0.1) is 11.8 Å². The summed E-state index contributed by atoms with van der Waals surface area (Å²) in [5.74, 6) is -2.02. The van der Waals surface area contributed by atoms with Gasteiger partial charge in [-0.15, -0.1) is 0 Å². The maximum absolute atomic E-state index is 14.0. The molecule has 3 N–H and O–H groups in total. The first-order valence-electron chi connectivity index (χ1n) is 18.8. The molecule has 3 fully saturated rings. The van der Waals surface area contributed by atoms with E-state index in [4.69, 9.17) is 33.2 Å². The second kappa shape index (κ2) is 18.3. The number of carbonyl (C=O) groups excluding carboxylic acids is 1. The molecular weight excluding hydrogens is 672 g/mol. The summed E-state index contributed by atoms with van der Waals surface area (Å²) in [6.45, 7) is 13.6. The predicted molar refractivity (Wildman–Crippen MR) is 194 cm³/mol. The maximum atomic E-state index is 14.0. The standard InChI is InChI=1S/C39H66N2O11/c1-23-18-38(6,45)35(52-37-32(42)30(40(8)9)17-24(2)49-37)25(3)33(51-31-19-39(7,46-11)34(43)27(5)50-31)26(4)36(44)48-22-29(20-41(23)10)47-21-28-15-13-12-14-16-28/h12-16,23-27,29-35,37,42-43,45H,17-22H2,1-11H3/t23-,24-,25+,26-,27+,29+,30+,31+,32-,33+,34+,35-,37+,38-,39-/m1/s1. The van der Waals surface area contributed by atoms with Crippen LogP contribution in [-0.4, -0.2) is 151 Å². The number of hydrogen-bond donors (Lipinski definition) is 3. The Bertz CT molecular complexity index is 1260. The topological polar surface area (TPSA) is 149 Å². The van der Waals surface area contributed by atoms with Crippen molar-refractivity contribution in [2.24, 2.45) is 11.8 Å². The molecule has 3 saturated heterocycles. The van der Waals surface area contributed by atoms with Crippen molar-refractivity contribution < 1.29 is 53.3 Å². The lowest BCUT2D eigenvalue weighted by atomic mass is 9.78. The van der Waals surface area contributed by atoms with E-state index in [1.165, 1.54) is 7.11 Å². The Labute approximate surface area is 310 Å². The zero-order chi connectivity index (χ0) is 38.5. The van der Waals surface area contributed by atoms with Crippen LogP contribution in [0.1, 0.15) is 73.3 Å². The number of rotatable bonds is 9. The van der Waals surface area contributed by atoms with Crippen LogP contribution in [0.2, 0.25) is 0 Å². The van der Waals surface area contributed by atoms with Crippen molar-refractivity contribution in [3.63, 3.8) is 0 Å². The quantitative estimate of drug-likeness (QED) is 0.319. The molecule has 1 aromatic rings. The molecule has 13 nitrogen and oxygen atoms in total. The van der Waals surface area contributed by atoms with Gasteiger partial charge in [-0.2, -0.15) is 0 Å². The molecule has 4 rings (SSSR count). The van der Waals surface area contributed by atoms with Gasteiger partial charge in [0.15, 0.2) is 12.6 Å². The van der Waals surface area contributed by atoms with E-state index in [1.54, 1.807) is 27.7 Å². The highest BCUT2D eigenvalue weighted by molar-refractivity contribution is 5.72. The number of cyclic esters (lactones) is 1. The highest BCUT2D eigenvalue weighted by atomic mass is 16.7. The van der Waals surface area contributed by atoms with Gasteiger partial charge in [-0.1, -0.05) is 37.3 Å². The fourth-order valence-electron chi connectivity index (χ4n) is 8.03. The minimum atomic E-state index is -1.50. The third-order valence-corrected chi connectivity index (χ3v) is 11.5. The summed E-state index contributed by atoms with van der Waals surface area (Å²) in [6.07, 6.45) is -5.96. The molecule has 0 bridgehead atoms. The van der Waals surface area contributed by atoms with E-state index in [0.717, 1.165) is 5.56 Å². The van der Waals surface area contributed by atoms with E-state index in [0.29, 0.717) is 19.6 Å². The number of nitrogens with zero attached hydrogens (tertiary/aromatic N) is 2. The van der Waals surface area contributed by atoms with Crippen LogP contribution < -0.4 is 0 Å². The summed E-state index contributed by atoms with van der Waals surface area (Å²) in [7, 11) is 7.30. The smallest absolute Gasteiger partial charge is 0.311 e. The fraction of sp³-hybridized carbons (Fsp3) is 0.821. The number of likely N-dealkylation sites (N-methyl/N-ethyl adjacent to an activating group) is 2. The summed E-state index contributed by atoms with van der Waals surface area (Å²) in [6, 6.07) is 9.41. The molecule has 13 heteroatoms. The predicted octanol–water partition coefficient (Wildman–Crippen LogP) is 2.96. The summed E-state index contributed by atoms with van der Waals surface area (Å²) in [5, 5.41) is 34.9. The Morgan fingerprint density at radius 1 is 1.00 bits per heavy atom. The Morgan fingerprint density at radius 2 is 1.67 bits per heavy atom. The van der Waals surface area contributed by atoms with E-state index in [2.05, 4.69) is 4.90 Å². The molecule has 0 saturated carbocycles. The van der Waals surface area contributed by atoms with Gasteiger partial charge < -0.3 is 58.3 Å². The van der Waals surface area contributed by atoms with Crippen molar-refractivity contribution in [3.05, 3.63) is 35.9 Å². The third kappa shape index (κ3) is 10.5. The SMILES string of the molecule is CO[C@]1(C)C[C@H](O[C@H]2[C@H](C)[C@@H](O[C@@H]3O[C@H](C)C[C@H](N(C)C)[C@H]3O)[C@](C)(O)C[C@@H](C)N(C)C[C@H](OCc3ccccc3)COC(=O)[C@@H]2C)O[C@@H](C)[C@@H]1O. The lowest BCUT2D eigenvalue weighted by molar-refractivity contribution is -0.317. The molecule has 1 aromatic carbocycles. The van der Waals surface area contributed by atoms with E-state index in [-0.39, 0.29) is 37.6 Å². The first-order valence-corrected chi connectivity index (χ1v) is 18.8. The Hall–Kier alpha value is -1.75. The lowest BCUT2D eigenvalue weighted by Crippen LogP contribution is -2.60. The average molecular weight is 739 g/mol. The molecule has 0 aromatic heterocycles. The normalized spacial score (nSPS) is 43.3. The Balaban J connectivity index is 1.71. The molecule has 52 heavy (non-hydrogen) atoms. The van der Waals surface area contributed by atoms with Crippen LogP contribution in [-0.2, 0) is 44.6 Å². The van der Waals surface area contributed by atoms with Crippen molar-refractivity contribution in [1.29, 1.82) is 0 Å². The largest absolute Gasteiger partial charge is 0.463 e. The van der Waals surface area contributed by atoms with Gasteiger partial charge in [0, 0.05) is 38.1 Å². The van der Waals surface area contributed by atoms with Gasteiger partial charge in [-0.3, -0.25) is 4.79 Å². The number of aliphatic hydroxyl groups excluding tert-OH is 2. The molecule has 3 aliphatic heterocycles. The minimum absolute atomic E-state index is 0.0152. The fourth-order valence-corrected chi connectivity index (χ4v) is 8.03. The molecule has 15 atom stereocenters. The number of ether oxygens (including phenoxy) is 7. The van der Waals surface area contributed by atoms with Crippen LogP contribution >= 0.6 is 0 Å². The van der Waals surface area contributed by atoms with Gasteiger partial charge >= 0.3 is 5.97 Å². The van der Waals surface area contributed by atoms with Crippen molar-refractivity contribution in [1.82, 2.24) is 9.80 Å². The number of hydrogen-bond acceptors (Lipinski definition) is 13. The Kier molecular flexibility index (Phi) is 15.1. The monoisotopic (exact) mass is 738 g/mol. The zero-order valence-corrected chi connectivity index (χ0v) is 33.1. The molecular formula is C39H66N2O11. The molecule has 0 amide bonds. The lowest BCUT2D eigenvalue weighted by Gasteiger charge is -2.49. The van der Waals surface area contributed by atoms with Gasteiger partial charge in [-0.05, 0) is 81.1 Å². The molecule has 0 unspecified atom stereocenters. The van der Waals surface area contributed by atoms with Gasteiger partial charge in [0.25, 0.3) is 0 Å². The number of carbonyl (C=O) groups is 1. The number of methoxy groups -OCH3 is 1. The van der Waals surface area contributed by atoms with Crippen molar-refractivity contribution in [3.8, 4) is 0 Å². The summed E-state index contributed by atoms with van der Waals surface area (Å²) in [4.78, 5) is 18.0. The number of benzene rings is 1. The van der Waals surface area contributed by atoms with Gasteiger partial charge in [0.05, 0.1) is 48.1 Å². The van der Waals surface area contributed by atoms with E-state index in [9.17, 15) is 20.1 Å². The van der Waals surface area contributed by atoms with Crippen LogP contribution in [0.5, 0.6) is 0 Å². The average Bonchev–Trinajstić information content (AvgIpc) is 3.09. The van der Waals surface area contributed by atoms with Gasteiger partial charge in [-0.25, -0.2) is 0 Å². The van der Waals surface area contributed by atoms with Crippen LogP contribution in [0.3, 0.4) is 0 Å². The van der Waals surface area contributed by atoms with Crippen molar-refractivity contribution in [2.45, 2.75) is 153 Å². The van der Waals surface area contributed by atoms with E-state index >= 15 is 0 Å². The molecule has 3 heterocycles. The maximum Gasteiger partial charge on any atom is 0.311 e. The highest BCUT2D eigenvalue weighted by Gasteiger charge is 2.51. The number of aliphatic hydroxyl groups is 3. The minimum Gasteiger partial charge on any atom is -0.463 e. The van der Waals surface area contributed by atoms with Crippen LogP contribution in [0.4, 0.5) is 0 Å². The van der Waals surface area contributed by atoms with Crippen molar-refractivity contribution >= 4 is 5.97 Å². The van der Waals surface area contributed by atoms with Gasteiger partial charge in [0.2, 0.25) is 0 Å². The first-order chi connectivity index (χ1) is 24.4. The summed E-state index contributed by atoms with van der Waals surface area (Å²) < 4.78 is 43.8.